The third-order valence-corrected chi connectivity index (χ3v) is 5.30. The molecule has 6 heteroatoms. The molecule has 1 aliphatic heterocycles. The Balaban J connectivity index is 1.59. The smallest absolute Gasteiger partial charge is 0.224 e. The number of benzene rings is 1. The molecule has 1 saturated heterocycles. The molecule has 1 saturated carbocycles. The van der Waals surface area contributed by atoms with Crippen LogP contribution in [0.4, 0.5) is 0 Å². The SMILES string of the molecule is O=C1CC(c2ccccc2)N(C(=O)CCNC(=O)C2CCCC2)CCN1. The second kappa shape index (κ2) is 8.83. The lowest BCUT2D eigenvalue weighted by Gasteiger charge is -2.29. The van der Waals surface area contributed by atoms with Crippen LogP contribution >= 0.6 is 0 Å². The normalized spacial score (nSPS) is 21.2. The Labute approximate surface area is 154 Å². The minimum atomic E-state index is -0.253. The molecular weight excluding hydrogens is 330 g/mol. The van der Waals surface area contributed by atoms with E-state index in [-0.39, 0.29) is 42.5 Å². The summed E-state index contributed by atoms with van der Waals surface area (Å²) in [6.07, 6.45) is 4.67. The zero-order valence-corrected chi connectivity index (χ0v) is 15.1. The fourth-order valence-electron chi connectivity index (χ4n) is 3.87. The van der Waals surface area contributed by atoms with Gasteiger partial charge in [0, 0.05) is 32.0 Å². The van der Waals surface area contributed by atoms with Crippen LogP contribution in [0.5, 0.6) is 0 Å². The minimum Gasteiger partial charge on any atom is -0.355 e. The van der Waals surface area contributed by atoms with Gasteiger partial charge >= 0.3 is 0 Å². The van der Waals surface area contributed by atoms with Gasteiger partial charge in [-0.25, -0.2) is 0 Å². The summed E-state index contributed by atoms with van der Waals surface area (Å²) in [5, 5.41) is 5.74. The molecule has 1 unspecified atom stereocenters. The van der Waals surface area contributed by atoms with Gasteiger partial charge in [0.1, 0.15) is 0 Å². The fraction of sp³-hybridized carbons (Fsp3) is 0.550. The van der Waals surface area contributed by atoms with E-state index in [9.17, 15) is 14.4 Å². The van der Waals surface area contributed by atoms with Gasteiger partial charge in [-0.15, -0.1) is 0 Å². The highest BCUT2D eigenvalue weighted by molar-refractivity contribution is 5.82. The summed E-state index contributed by atoms with van der Waals surface area (Å²) in [7, 11) is 0. The van der Waals surface area contributed by atoms with Crippen molar-refractivity contribution in [3.05, 3.63) is 35.9 Å². The summed E-state index contributed by atoms with van der Waals surface area (Å²) >= 11 is 0. The molecule has 0 radical (unpaired) electrons. The predicted molar refractivity (Wildman–Crippen MR) is 98.1 cm³/mol. The predicted octanol–water partition coefficient (Wildman–Crippen LogP) is 1.77. The summed E-state index contributed by atoms with van der Waals surface area (Å²) in [5.74, 6) is 0.121. The largest absolute Gasteiger partial charge is 0.355 e. The van der Waals surface area contributed by atoms with Crippen molar-refractivity contribution in [2.45, 2.75) is 44.6 Å². The molecule has 1 heterocycles. The highest BCUT2D eigenvalue weighted by Gasteiger charge is 2.29. The first-order valence-corrected chi connectivity index (χ1v) is 9.54. The van der Waals surface area contributed by atoms with Crippen molar-refractivity contribution in [1.82, 2.24) is 15.5 Å². The third kappa shape index (κ3) is 4.62. The second-order valence-corrected chi connectivity index (χ2v) is 7.09. The Bertz CT molecular complexity index is 641. The number of nitrogens with one attached hydrogen (secondary N) is 2. The first-order chi connectivity index (χ1) is 12.6. The molecule has 0 spiro atoms. The van der Waals surface area contributed by atoms with E-state index in [0.717, 1.165) is 31.2 Å². The summed E-state index contributed by atoms with van der Waals surface area (Å²) in [5.41, 5.74) is 0.966. The molecule has 3 amide bonds. The van der Waals surface area contributed by atoms with E-state index >= 15 is 0 Å². The van der Waals surface area contributed by atoms with Crippen LogP contribution in [0.15, 0.2) is 30.3 Å². The molecule has 2 aliphatic rings. The van der Waals surface area contributed by atoms with Gasteiger partial charge in [-0.05, 0) is 18.4 Å². The molecule has 140 valence electrons. The second-order valence-electron chi connectivity index (χ2n) is 7.09. The molecule has 1 atom stereocenters. The molecule has 6 nitrogen and oxygen atoms in total. The number of carbonyl (C=O) groups is 3. The number of carbonyl (C=O) groups excluding carboxylic acids is 3. The van der Waals surface area contributed by atoms with E-state index in [2.05, 4.69) is 10.6 Å². The number of rotatable bonds is 5. The lowest BCUT2D eigenvalue weighted by Crippen LogP contribution is -2.39. The number of hydrogen-bond donors (Lipinski definition) is 2. The highest BCUT2D eigenvalue weighted by atomic mass is 16.2. The van der Waals surface area contributed by atoms with Crippen LogP contribution in [0, 0.1) is 5.92 Å². The monoisotopic (exact) mass is 357 g/mol. The van der Waals surface area contributed by atoms with Gasteiger partial charge in [0.05, 0.1) is 12.5 Å². The maximum atomic E-state index is 12.8. The molecule has 1 aliphatic carbocycles. The Hall–Kier alpha value is -2.37. The van der Waals surface area contributed by atoms with Gasteiger partial charge < -0.3 is 15.5 Å². The Morgan fingerprint density at radius 1 is 1.15 bits per heavy atom. The zero-order valence-electron chi connectivity index (χ0n) is 15.1. The number of amides is 3. The average Bonchev–Trinajstić information content (AvgIpc) is 3.12. The van der Waals surface area contributed by atoms with Crippen molar-refractivity contribution in [3.63, 3.8) is 0 Å². The third-order valence-electron chi connectivity index (χ3n) is 5.30. The average molecular weight is 357 g/mol. The number of hydrogen-bond acceptors (Lipinski definition) is 3. The molecular formula is C20H27N3O3. The van der Waals surface area contributed by atoms with Gasteiger partial charge in [0.2, 0.25) is 17.7 Å². The van der Waals surface area contributed by atoms with E-state index in [4.69, 9.17) is 0 Å². The van der Waals surface area contributed by atoms with Gasteiger partial charge in [0.15, 0.2) is 0 Å². The molecule has 1 aromatic carbocycles. The van der Waals surface area contributed by atoms with Crippen LogP contribution in [0.25, 0.3) is 0 Å². The first kappa shape index (κ1) is 18.4. The van der Waals surface area contributed by atoms with Gasteiger partial charge in [-0.2, -0.15) is 0 Å². The van der Waals surface area contributed by atoms with Crippen molar-refractivity contribution < 1.29 is 14.4 Å². The topological polar surface area (TPSA) is 78.5 Å². The lowest BCUT2D eigenvalue weighted by molar-refractivity contribution is -0.133. The first-order valence-electron chi connectivity index (χ1n) is 9.54. The van der Waals surface area contributed by atoms with E-state index < -0.39 is 0 Å². The molecule has 2 N–H and O–H groups in total. The molecule has 1 aromatic rings. The maximum Gasteiger partial charge on any atom is 0.224 e. The van der Waals surface area contributed by atoms with Gasteiger partial charge in [0.25, 0.3) is 0 Å². The lowest BCUT2D eigenvalue weighted by atomic mass is 10.0. The molecule has 2 fully saturated rings. The van der Waals surface area contributed by atoms with Crippen LogP contribution < -0.4 is 10.6 Å². The minimum absolute atomic E-state index is 0.0259. The van der Waals surface area contributed by atoms with Crippen LogP contribution in [-0.4, -0.2) is 42.3 Å². The van der Waals surface area contributed by atoms with E-state index in [1.807, 2.05) is 30.3 Å². The Kier molecular flexibility index (Phi) is 6.26. The highest BCUT2D eigenvalue weighted by Crippen LogP contribution is 2.26. The summed E-state index contributed by atoms with van der Waals surface area (Å²) in [6, 6.07) is 9.41. The van der Waals surface area contributed by atoms with Crippen molar-refractivity contribution in [1.29, 1.82) is 0 Å². The van der Waals surface area contributed by atoms with Crippen molar-refractivity contribution in [2.75, 3.05) is 19.6 Å². The van der Waals surface area contributed by atoms with Crippen LogP contribution in [-0.2, 0) is 14.4 Å². The van der Waals surface area contributed by atoms with Crippen LogP contribution in [0.2, 0.25) is 0 Å². The van der Waals surface area contributed by atoms with E-state index in [0.29, 0.717) is 19.6 Å². The molecule has 0 bridgehead atoms. The summed E-state index contributed by atoms with van der Waals surface area (Å²) < 4.78 is 0. The van der Waals surface area contributed by atoms with Crippen molar-refractivity contribution in [3.8, 4) is 0 Å². The Morgan fingerprint density at radius 2 is 1.88 bits per heavy atom. The van der Waals surface area contributed by atoms with Gasteiger partial charge in [-0.3, -0.25) is 14.4 Å². The van der Waals surface area contributed by atoms with Crippen LogP contribution in [0.1, 0.15) is 50.1 Å². The van der Waals surface area contributed by atoms with Crippen molar-refractivity contribution in [2.24, 2.45) is 5.92 Å². The van der Waals surface area contributed by atoms with Crippen LogP contribution in [0.3, 0.4) is 0 Å². The van der Waals surface area contributed by atoms with Crippen molar-refractivity contribution >= 4 is 17.7 Å². The molecule has 0 aromatic heterocycles. The van der Waals surface area contributed by atoms with E-state index in [1.165, 1.54) is 0 Å². The van der Waals surface area contributed by atoms with E-state index in [1.54, 1.807) is 4.90 Å². The fourth-order valence-corrected chi connectivity index (χ4v) is 3.87. The quantitative estimate of drug-likeness (QED) is 0.843. The standard InChI is InChI=1S/C20H27N3O3/c24-18-14-17(15-6-2-1-3-7-15)23(13-12-21-18)19(25)10-11-22-20(26)16-8-4-5-9-16/h1-3,6-7,16-17H,4-5,8-14H2,(H,21,24)(H,22,26). The van der Waals surface area contributed by atoms with Gasteiger partial charge in [-0.1, -0.05) is 43.2 Å². The summed E-state index contributed by atoms with van der Waals surface area (Å²) in [4.78, 5) is 38.6. The number of nitrogens with zero attached hydrogens (tertiary/aromatic N) is 1. The summed E-state index contributed by atoms with van der Waals surface area (Å²) in [6.45, 7) is 1.30. The maximum absolute atomic E-state index is 12.8. The molecule has 26 heavy (non-hydrogen) atoms. The zero-order chi connectivity index (χ0) is 18.4. The Morgan fingerprint density at radius 3 is 2.62 bits per heavy atom. The molecule has 3 rings (SSSR count).